The molecule has 4 rings (SSSR count). The first-order valence-electron chi connectivity index (χ1n) is 8.20. The largest absolute Gasteiger partial charge is 0.454 e. The molecule has 0 aliphatic carbocycles. The molecule has 0 saturated carbocycles. The third-order valence-electron chi connectivity index (χ3n) is 4.40. The molecule has 0 atom stereocenters. The Bertz CT molecular complexity index is 868. The lowest BCUT2D eigenvalue weighted by atomic mass is 10.1. The highest BCUT2D eigenvalue weighted by Crippen LogP contribution is 2.36. The second-order valence-corrected chi connectivity index (χ2v) is 6.08. The van der Waals surface area contributed by atoms with Crippen LogP contribution in [0.2, 0.25) is 0 Å². The van der Waals surface area contributed by atoms with Crippen LogP contribution in [0.15, 0.2) is 36.4 Å². The fourth-order valence-corrected chi connectivity index (χ4v) is 3.12. The molecule has 1 aromatic heterocycles. The minimum atomic E-state index is 0.0808. The number of aryl methyl sites for hydroxylation is 3. The topological polar surface area (TPSA) is 56.5 Å². The van der Waals surface area contributed by atoms with Crippen LogP contribution in [-0.4, -0.2) is 28.1 Å². The third-order valence-corrected chi connectivity index (χ3v) is 4.40. The molecule has 0 fully saturated rings. The average molecular weight is 324 g/mol. The molecule has 1 aliphatic heterocycles. The van der Waals surface area contributed by atoms with Crippen LogP contribution in [-0.2, 0) is 19.4 Å². The van der Waals surface area contributed by atoms with Crippen molar-refractivity contribution in [3.8, 4) is 11.5 Å². The highest BCUT2D eigenvalue weighted by Gasteiger charge is 2.19. The summed E-state index contributed by atoms with van der Waals surface area (Å²) in [6.07, 6.45) is 1.74. The summed E-state index contributed by atoms with van der Waals surface area (Å²) in [7, 11) is 0. The molecule has 0 saturated heterocycles. The van der Waals surface area contributed by atoms with Crippen molar-refractivity contribution in [1.29, 1.82) is 0 Å². The number of hydrogen-bond acceptors (Lipinski definition) is 4. The molecule has 5 heteroatoms. The minimum absolute atomic E-state index is 0.0808. The van der Waals surface area contributed by atoms with E-state index in [0.29, 0.717) is 6.54 Å². The third kappa shape index (κ3) is 2.71. The molecule has 5 nitrogen and oxygen atoms in total. The van der Waals surface area contributed by atoms with E-state index in [1.807, 2.05) is 12.1 Å². The summed E-state index contributed by atoms with van der Waals surface area (Å²) < 4.78 is 13.0. The molecule has 0 amide bonds. The summed E-state index contributed by atoms with van der Waals surface area (Å²) in [5, 5.41) is 9.43. The number of hydrogen-bond donors (Lipinski definition) is 1. The summed E-state index contributed by atoms with van der Waals surface area (Å²) in [4.78, 5) is 4.76. The van der Waals surface area contributed by atoms with Crippen LogP contribution in [0.4, 0.5) is 0 Å². The van der Waals surface area contributed by atoms with Crippen molar-refractivity contribution < 1.29 is 14.6 Å². The molecule has 3 aromatic rings. The molecule has 24 heavy (non-hydrogen) atoms. The van der Waals surface area contributed by atoms with Gasteiger partial charge in [-0.2, -0.15) is 0 Å². The molecule has 1 N–H and O–H groups in total. The maximum absolute atomic E-state index is 9.43. The van der Waals surface area contributed by atoms with Crippen LogP contribution in [0.3, 0.4) is 0 Å². The molecular formula is C19H20N2O3. The van der Waals surface area contributed by atoms with E-state index in [1.54, 1.807) is 0 Å². The van der Waals surface area contributed by atoms with E-state index in [2.05, 4.69) is 35.8 Å². The zero-order valence-electron chi connectivity index (χ0n) is 13.7. The quantitative estimate of drug-likeness (QED) is 0.784. The molecule has 0 unspecified atom stereocenters. The van der Waals surface area contributed by atoms with Crippen molar-refractivity contribution in [2.75, 3.05) is 13.4 Å². The highest BCUT2D eigenvalue weighted by molar-refractivity contribution is 5.81. The molecule has 0 spiro atoms. The fourth-order valence-electron chi connectivity index (χ4n) is 3.12. The van der Waals surface area contributed by atoms with Gasteiger partial charge >= 0.3 is 0 Å². The van der Waals surface area contributed by atoms with E-state index >= 15 is 0 Å². The van der Waals surface area contributed by atoms with Gasteiger partial charge in [0.2, 0.25) is 6.79 Å². The van der Waals surface area contributed by atoms with Gasteiger partial charge in [0.25, 0.3) is 0 Å². The lowest BCUT2D eigenvalue weighted by molar-refractivity contribution is 0.174. The van der Waals surface area contributed by atoms with Crippen molar-refractivity contribution in [3.05, 3.63) is 53.3 Å². The van der Waals surface area contributed by atoms with E-state index in [-0.39, 0.29) is 13.4 Å². The lowest BCUT2D eigenvalue weighted by Crippen LogP contribution is -2.08. The van der Waals surface area contributed by atoms with Gasteiger partial charge in [0, 0.05) is 25.1 Å². The number of ether oxygens (including phenoxy) is 2. The summed E-state index contributed by atoms with van der Waals surface area (Å²) in [6, 6.07) is 12.4. The van der Waals surface area contributed by atoms with Gasteiger partial charge in [-0.15, -0.1) is 0 Å². The first-order valence-corrected chi connectivity index (χ1v) is 8.20. The van der Waals surface area contributed by atoms with Crippen LogP contribution in [0, 0.1) is 6.92 Å². The molecule has 2 heterocycles. The first-order chi connectivity index (χ1) is 11.7. The Morgan fingerprint density at radius 3 is 2.58 bits per heavy atom. The van der Waals surface area contributed by atoms with Gasteiger partial charge in [0.05, 0.1) is 17.6 Å². The Morgan fingerprint density at radius 2 is 1.83 bits per heavy atom. The zero-order valence-corrected chi connectivity index (χ0v) is 13.7. The highest BCUT2D eigenvalue weighted by atomic mass is 16.7. The molecule has 0 radical (unpaired) electrons. The van der Waals surface area contributed by atoms with Gasteiger partial charge in [0.1, 0.15) is 5.82 Å². The van der Waals surface area contributed by atoms with Crippen LogP contribution in [0.1, 0.15) is 17.0 Å². The van der Waals surface area contributed by atoms with Crippen LogP contribution >= 0.6 is 0 Å². The average Bonchev–Trinajstić information content (AvgIpc) is 3.17. The van der Waals surface area contributed by atoms with Crippen LogP contribution in [0.25, 0.3) is 11.0 Å². The van der Waals surface area contributed by atoms with Gasteiger partial charge in [-0.05, 0) is 18.9 Å². The van der Waals surface area contributed by atoms with E-state index < -0.39 is 0 Å². The predicted molar refractivity (Wildman–Crippen MR) is 91.5 cm³/mol. The number of imidazole rings is 1. The number of benzene rings is 2. The van der Waals surface area contributed by atoms with Gasteiger partial charge in [-0.1, -0.05) is 29.8 Å². The molecule has 1 aliphatic rings. The second-order valence-electron chi connectivity index (χ2n) is 6.08. The molecular weight excluding hydrogens is 304 g/mol. The number of aliphatic hydroxyl groups excluding tert-OH is 1. The van der Waals surface area contributed by atoms with Gasteiger partial charge in [0.15, 0.2) is 11.5 Å². The number of aromatic nitrogens is 2. The Hall–Kier alpha value is -2.53. The number of rotatable bonds is 5. The SMILES string of the molecule is Cc1ccc(CCc2nc3cc4c(cc3n2CCO)OCO4)cc1. The van der Waals surface area contributed by atoms with Crippen molar-refractivity contribution in [2.24, 2.45) is 0 Å². The monoisotopic (exact) mass is 324 g/mol. The number of fused-ring (bicyclic) bond motifs is 2. The molecule has 2 aromatic carbocycles. The van der Waals surface area contributed by atoms with Crippen LogP contribution < -0.4 is 9.47 Å². The maximum atomic E-state index is 9.43. The van der Waals surface area contributed by atoms with Gasteiger partial charge in [-0.3, -0.25) is 0 Å². The number of aliphatic hydroxyl groups is 1. The predicted octanol–water partition coefficient (Wildman–Crippen LogP) is 2.85. The van der Waals surface area contributed by atoms with Crippen LogP contribution in [0.5, 0.6) is 11.5 Å². The normalized spacial score (nSPS) is 12.9. The van der Waals surface area contributed by atoms with E-state index in [9.17, 15) is 5.11 Å². The van der Waals surface area contributed by atoms with E-state index in [4.69, 9.17) is 14.5 Å². The standard InChI is InChI=1S/C19H20N2O3/c1-13-2-4-14(5-3-13)6-7-19-20-15-10-17-18(24-12-23-17)11-16(15)21(19)8-9-22/h2-5,10-11,22H,6-9,12H2,1H3. The van der Waals surface area contributed by atoms with Crippen molar-refractivity contribution in [2.45, 2.75) is 26.3 Å². The van der Waals surface area contributed by atoms with Crippen molar-refractivity contribution in [1.82, 2.24) is 9.55 Å². The fraction of sp³-hybridized carbons (Fsp3) is 0.316. The maximum Gasteiger partial charge on any atom is 0.231 e. The molecule has 0 bridgehead atoms. The van der Waals surface area contributed by atoms with Crippen molar-refractivity contribution >= 4 is 11.0 Å². The first kappa shape index (κ1) is 15.0. The smallest absolute Gasteiger partial charge is 0.231 e. The Balaban J connectivity index is 1.66. The lowest BCUT2D eigenvalue weighted by Gasteiger charge is -2.08. The Labute approximate surface area is 140 Å². The Kier molecular flexibility index (Phi) is 3.86. The summed E-state index contributed by atoms with van der Waals surface area (Å²) in [6.45, 7) is 2.95. The van der Waals surface area contributed by atoms with Crippen molar-refractivity contribution in [3.63, 3.8) is 0 Å². The number of nitrogens with zero attached hydrogens (tertiary/aromatic N) is 2. The Morgan fingerprint density at radius 1 is 1.08 bits per heavy atom. The summed E-state index contributed by atoms with van der Waals surface area (Å²) >= 11 is 0. The van der Waals surface area contributed by atoms with E-state index in [0.717, 1.165) is 41.2 Å². The minimum Gasteiger partial charge on any atom is -0.454 e. The zero-order chi connectivity index (χ0) is 16.5. The molecule has 124 valence electrons. The second kappa shape index (κ2) is 6.17. The summed E-state index contributed by atoms with van der Waals surface area (Å²) in [5.41, 5.74) is 4.41. The summed E-state index contributed by atoms with van der Waals surface area (Å²) in [5.74, 6) is 2.45. The van der Waals surface area contributed by atoms with E-state index in [1.165, 1.54) is 11.1 Å². The van der Waals surface area contributed by atoms with Gasteiger partial charge < -0.3 is 19.1 Å². The van der Waals surface area contributed by atoms with Gasteiger partial charge in [-0.25, -0.2) is 4.98 Å².